The summed E-state index contributed by atoms with van der Waals surface area (Å²) in [6.07, 6.45) is 4.97. The summed E-state index contributed by atoms with van der Waals surface area (Å²) < 4.78 is 5.23. The van der Waals surface area contributed by atoms with Crippen LogP contribution >= 0.6 is 11.3 Å². The van der Waals surface area contributed by atoms with Gasteiger partial charge in [0.1, 0.15) is 5.76 Å². The molecular weight excluding hydrogens is 246 g/mol. The fourth-order valence-corrected chi connectivity index (χ4v) is 2.35. The van der Waals surface area contributed by atoms with Crippen LogP contribution in [-0.2, 0) is 4.79 Å². The van der Waals surface area contributed by atoms with Gasteiger partial charge in [-0.1, -0.05) is 0 Å². The number of aryl methyl sites for hydroxylation is 1. The molecule has 94 valence electrons. The zero-order valence-corrected chi connectivity index (χ0v) is 11.2. The highest BCUT2D eigenvalue weighted by Gasteiger charge is 2.09. The largest absolute Gasteiger partial charge is 0.467 e. The van der Waals surface area contributed by atoms with Crippen molar-refractivity contribution < 1.29 is 9.21 Å². The van der Waals surface area contributed by atoms with Crippen molar-refractivity contribution in [2.45, 2.75) is 19.9 Å². The molecule has 0 radical (unpaired) electrons. The van der Waals surface area contributed by atoms with E-state index in [-0.39, 0.29) is 11.9 Å². The highest BCUT2D eigenvalue weighted by molar-refractivity contribution is 7.12. The van der Waals surface area contributed by atoms with E-state index in [1.807, 2.05) is 44.2 Å². The van der Waals surface area contributed by atoms with Crippen LogP contribution in [0.1, 0.15) is 28.5 Å². The van der Waals surface area contributed by atoms with Crippen LogP contribution in [0.5, 0.6) is 0 Å². The molecule has 1 N–H and O–H groups in total. The third kappa shape index (κ3) is 3.34. The topological polar surface area (TPSA) is 42.2 Å². The van der Waals surface area contributed by atoms with Crippen molar-refractivity contribution in [3.8, 4) is 0 Å². The van der Waals surface area contributed by atoms with E-state index in [0.717, 1.165) is 10.6 Å². The van der Waals surface area contributed by atoms with E-state index in [9.17, 15) is 4.79 Å². The van der Waals surface area contributed by atoms with Gasteiger partial charge in [0.2, 0.25) is 5.91 Å². The second-order valence-corrected chi connectivity index (χ2v) is 5.35. The Balaban J connectivity index is 1.91. The van der Waals surface area contributed by atoms with E-state index in [4.69, 9.17) is 4.42 Å². The molecule has 0 aliphatic heterocycles. The summed E-state index contributed by atoms with van der Waals surface area (Å²) >= 11 is 1.66. The zero-order chi connectivity index (χ0) is 13.0. The smallest absolute Gasteiger partial charge is 0.244 e. The van der Waals surface area contributed by atoms with Crippen LogP contribution in [0.15, 0.2) is 41.0 Å². The van der Waals surface area contributed by atoms with Gasteiger partial charge >= 0.3 is 0 Å². The molecule has 1 atom stereocenters. The minimum absolute atomic E-state index is 0.120. The highest BCUT2D eigenvalue weighted by atomic mass is 32.1. The lowest BCUT2D eigenvalue weighted by Gasteiger charge is -2.08. The Morgan fingerprint density at radius 3 is 2.89 bits per heavy atom. The molecule has 0 aliphatic rings. The van der Waals surface area contributed by atoms with Gasteiger partial charge in [0.25, 0.3) is 0 Å². The molecule has 0 aromatic carbocycles. The lowest BCUT2D eigenvalue weighted by Crippen LogP contribution is -2.24. The van der Waals surface area contributed by atoms with Crippen molar-refractivity contribution in [2.24, 2.45) is 0 Å². The van der Waals surface area contributed by atoms with Crippen LogP contribution in [0.25, 0.3) is 6.08 Å². The second kappa shape index (κ2) is 5.69. The van der Waals surface area contributed by atoms with Gasteiger partial charge < -0.3 is 9.73 Å². The molecule has 1 amide bonds. The first-order chi connectivity index (χ1) is 8.65. The molecule has 18 heavy (non-hydrogen) atoms. The summed E-state index contributed by atoms with van der Waals surface area (Å²) in [6, 6.07) is 7.56. The monoisotopic (exact) mass is 261 g/mol. The molecule has 0 aliphatic carbocycles. The predicted molar refractivity (Wildman–Crippen MR) is 73.4 cm³/mol. The first kappa shape index (κ1) is 12.6. The second-order valence-electron chi connectivity index (χ2n) is 4.03. The number of amides is 1. The number of hydrogen-bond acceptors (Lipinski definition) is 3. The zero-order valence-electron chi connectivity index (χ0n) is 10.3. The van der Waals surface area contributed by atoms with Gasteiger partial charge in [-0.2, -0.15) is 0 Å². The Kier molecular flexibility index (Phi) is 3.99. The Hall–Kier alpha value is -1.81. The van der Waals surface area contributed by atoms with Gasteiger partial charge in [0.15, 0.2) is 0 Å². The fourth-order valence-electron chi connectivity index (χ4n) is 1.57. The van der Waals surface area contributed by atoms with Crippen LogP contribution in [0.4, 0.5) is 0 Å². The average molecular weight is 261 g/mol. The van der Waals surface area contributed by atoms with Crippen LogP contribution in [0, 0.1) is 6.92 Å². The highest BCUT2D eigenvalue weighted by Crippen LogP contribution is 2.16. The van der Waals surface area contributed by atoms with E-state index in [1.165, 1.54) is 4.88 Å². The van der Waals surface area contributed by atoms with Gasteiger partial charge in [-0.3, -0.25) is 4.79 Å². The number of thiophene rings is 1. The molecule has 2 aromatic rings. The summed E-state index contributed by atoms with van der Waals surface area (Å²) in [5.74, 6) is 0.633. The van der Waals surface area contributed by atoms with E-state index >= 15 is 0 Å². The number of nitrogens with one attached hydrogen (secondary N) is 1. The Morgan fingerprint density at radius 1 is 1.44 bits per heavy atom. The van der Waals surface area contributed by atoms with Crippen molar-refractivity contribution in [3.63, 3.8) is 0 Å². The number of carbonyl (C=O) groups excluding carboxylic acids is 1. The molecule has 2 aromatic heterocycles. The number of rotatable bonds is 4. The molecule has 0 fully saturated rings. The quantitative estimate of drug-likeness (QED) is 0.855. The SMILES string of the molecule is Cc1ccc(/C=C/C(=O)N[C@@H](C)c2ccco2)s1. The van der Waals surface area contributed by atoms with Gasteiger partial charge in [-0.25, -0.2) is 0 Å². The minimum atomic E-state index is -0.123. The molecule has 3 nitrogen and oxygen atoms in total. The van der Waals surface area contributed by atoms with Crippen molar-refractivity contribution in [1.29, 1.82) is 0 Å². The van der Waals surface area contributed by atoms with Gasteiger partial charge in [-0.05, 0) is 44.2 Å². The Morgan fingerprint density at radius 2 is 2.28 bits per heavy atom. The molecule has 4 heteroatoms. The van der Waals surface area contributed by atoms with Crippen molar-refractivity contribution in [1.82, 2.24) is 5.32 Å². The van der Waals surface area contributed by atoms with E-state index < -0.39 is 0 Å². The van der Waals surface area contributed by atoms with Crippen molar-refractivity contribution in [2.75, 3.05) is 0 Å². The molecule has 2 rings (SSSR count). The maximum atomic E-state index is 11.7. The van der Waals surface area contributed by atoms with Crippen molar-refractivity contribution in [3.05, 3.63) is 52.1 Å². The summed E-state index contributed by atoms with van der Waals surface area (Å²) in [5, 5.41) is 2.84. The molecule has 2 heterocycles. The van der Waals surface area contributed by atoms with Gasteiger partial charge in [0, 0.05) is 15.8 Å². The standard InChI is InChI=1S/C14H15NO2S/c1-10-5-6-12(18-10)7-8-14(16)15-11(2)13-4-3-9-17-13/h3-9,11H,1-2H3,(H,15,16)/b8-7+/t11-/m0/s1. The first-order valence-electron chi connectivity index (χ1n) is 5.73. The Labute approximate surface area is 110 Å². The number of furan rings is 1. The van der Waals surface area contributed by atoms with Crippen LogP contribution < -0.4 is 5.32 Å². The predicted octanol–water partition coefficient (Wildman–Crippen LogP) is 3.54. The number of carbonyl (C=O) groups is 1. The van der Waals surface area contributed by atoms with Crippen LogP contribution in [-0.4, -0.2) is 5.91 Å². The maximum Gasteiger partial charge on any atom is 0.244 e. The minimum Gasteiger partial charge on any atom is -0.467 e. The third-order valence-corrected chi connectivity index (χ3v) is 3.45. The summed E-state index contributed by atoms with van der Waals surface area (Å²) in [5.41, 5.74) is 0. The lowest BCUT2D eigenvalue weighted by atomic mass is 10.2. The van der Waals surface area contributed by atoms with E-state index in [1.54, 1.807) is 23.7 Å². The normalized spacial score (nSPS) is 12.8. The van der Waals surface area contributed by atoms with Gasteiger partial charge in [-0.15, -0.1) is 11.3 Å². The lowest BCUT2D eigenvalue weighted by molar-refractivity contribution is -0.117. The molecule has 0 spiro atoms. The maximum absolute atomic E-state index is 11.7. The Bertz CT molecular complexity index is 540. The van der Waals surface area contributed by atoms with Gasteiger partial charge in [0.05, 0.1) is 12.3 Å². The van der Waals surface area contributed by atoms with Crippen molar-refractivity contribution >= 4 is 23.3 Å². The molecule has 0 saturated heterocycles. The van der Waals surface area contributed by atoms with Crippen LogP contribution in [0.2, 0.25) is 0 Å². The molecule has 0 unspecified atom stereocenters. The molecule has 0 bridgehead atoms. The molecule has 0 saturated carbocycles. The number of hydrogen-bond donors (Lipinski definition) is 1. The third-order valence-electron chi connectivity index (χ3n) is 2.49. The summed E-state index contributed by atoms with van der Waals surface area (Å²) in [4.78, 5) is 14.0. The first-order valence-corrected chi connectivity index (χ1v) is 6.55. The fraction of sp³-hybridized carbons (Fsp3) is 0.214. The molecular formula is C14H15NO2S. The summed E-state index contributed by atoms with van der Waals surface area (Å²) in [7, 11) is 0. The summed E-state index contributed by atoms with van der Waals surface area (Å²) in [6.45, 7) is 3.93. The average Bonchev–Trinajstić information content (AvgIpc) is 2.97. The van der Waals surface area contributed by atoms with Crippen LogP contribution in [0.3, 0.4) is 0 Å². The van der Waals surface area contributed by atoms with E-state index in [0.29, 0.717) is 0 Å². The van der Waals surface area contributed by atoms with E-state index in [2.05, 4.69) is 5.32 Å².